The number of rotatable bonds is 3. The van der Waals surface area contributed by atoms with Crippen LogP contribution in [0.5, 0.6) is 0 Å². The number of hydrogen-bond donors (Lipinski definition) is 0. The predicted molar refractivity (Wildman–Crippen MR) is 111 cm³/mol. The zero-order valence-corrected chi connectivity index (χ0v) is 17.2. The van der Waals surface area contributed by atoms with Gasteiger partial charge in [0.2, 0.25) is 5.78 Å². The van der Waals surface area contributed by atoms with Crippen molar-refractivity contribution in [3.8, 4) is 11.3 Å². The molecule has 30 heavy (non-hydrogen) atoms. The van der Waals surface area contributed by atoms with Gasteiger partial charge in [0.25, 0.3) is 5.91 Å². The van der Waals surface area contributed by atoms with Crippen molar-refractivity contribution >= 4 is 11.7 Å². The molecule has 1 amide bonds. The van der Waals surface area contributed by atoms with Crippen LogP contribution in [0.3, 0.4) is 0 Å². The number of nitrogens with zero attached hydrogens (tertiary/aromatic N) is 6. The van der Waals surface area contributed by atoms with E-state index in [1.807, 2.05) is 11.1 Å². The Labute approximate surface area is 173 Å². The Morgan fingerprint density at radius 1 is 1.13 bits per heavy atom. The number of hydrogen-bond acceptors (Lipinski definition) is 3. The number of carbonyl (C=O) groups is 1. The summed E-state index contributed by atoms with van der Waals surface area (Å²) >= 11 is 0. The van der Waals surface area contributed by atoms with Gasteiger partial charge in [0.1, 0.15) is 11.5 Å². The fourth-order valence-corrected chi connectivity index (χ4v) is 4.24. The molecule has 0 unspecified atom stereocenters. The highest BCUT2D eigenvalue weighted by Crippen LogP contribution is 2.30. The SMILES string of the molecule is CC(C)n1c2c(n3cc(-c4ccc(F)cc4)nc13)CN(C(=O)c1ccn(C)n1)CC2. The van der Waals surface area contributed by atoms with Crippen molar-refractivity contribution in [2.75, 3.05) is 6.54 Å². The summed E-state index contributed by atoms with van der Waals surface area (Å²) in [5.74, 6) is 0.516. The van der Waals surface area contributed by atoms with Crippen LogP contribution < -0.4 is 0 Å². The summed E-state index contributed by atoms with van der Waals surface area (Å²) in [5.41, 5.74) is 4.38. The Morgan fingerprint density at radius 3 is 2.57 bits per heavy atom. The minimum Gasteiger partial charge on any atom is -0.331 e. The topological polar surface area (TPSA) is 60.4 Å². The summed E-state index contributed by atoms with van der Waals surface area (Å²) in [6, 6.07) is 8.34. The third-order valence-electron chi connectivity index (χ3n) is 5.65. The number of halogens is 1. The standard InChI is InChI=1S/C22H23FN6O/c1-14(2)29-19-9-11-27(21(30)17-8-10-26(3)25-17)13-20(19)28-12-18(24-22(28)29)15-4-6-16(23)7-5-15/h4-8,10,12,14H,9,11,13H2,1-3H3. The van der Waals surface area contributed by atoms with Gasteiger partial charge in [0.15, 0.2) is 0 Å². The van der Waals surface area contributed by atoms with Crippen molar-refractivity contribution in [1.82, 2.24) is 28.6 Å². The first-order valence-corrected chi connectivity index (χ1v) is 10.1. The smallest absolute Gasteiger partial charge is 0.274 e. The molecule has 1 aromatic carbocycles. The minimum atomic E-state index is -0.268. The predicted octanol–water partition coefficient (Wildman–Crippen LogP) is 3.45. The monoisotopic (exact) mass is 406 g/mol. The molecule has 0 bridgehead atoms. The Bertz CT molecular complexity index is 1250. The summed E-state index contributed by atoms with van der Waals surface area (Å²) in [6.07, 6.45) is 4.53. The van der Waals surface area contributed by atoms with Gasteiger partial charge in [-0.05, 0) is 44.2 Å². The molecule has 0 N–H and O–H groups in total. The second kappa shape index (κ2) is 6.83. The third-order valence-corrected chi connectivity index (χ3v) is 5.65. The van der Waals surface area contributed by atoms with Crippen LogP contribution in [0.15, 0.2) is 42.7 Å². The van der Waals surface area contributed by atoms with E-state index in [2.05, 4.69) is 27.9 Å². The molecule has 0 spiro atoms. The Balaban J connectivity index is 1.57. The van der Waals surface area contributed by atoms with Gasteiger partial charge in [-0.15, -0.1) is 0 Å². The molecule has 7 nitrogen and oxygen atoms in total. The fourth-order valence-electron chi connectivity index (χ4n) is 4.24. The second-order valence-electron chi connectivity index (χ2n) is 8.01. The van der Waals surface area contributed by atoms with Crippen LogP contribution in [0.4, 0.5) is 4.39 Å². The summed E-state index contributed by atoms with van der Waals surface area (Å²) in [6.45, 7) is 5.42. The maximum atomic E-state index is 13.3. The number of benzene rings is 1. The number of amides is 1. The van der Waals surface area contributed by atoms with Gasteiger partial charge in [0.05, 0.1) is 17.9 Å². The van der Waals surface area contributed by atoms with Crippen LogP contribution in [-0.2, 0) is 20.0 Å². The number of aromatic nitrogens is 5. The Kier molecular flexibility index (Phi) is 4.23. The lowest BCUT2D eigenvalue weighted by Gasteiger charge is -2.27. The molecule has 0 saturated carbocycles. The molecule has 4 heterocycles. The van der Waals surface area contributed by atoms with Gasteiger partial charge < -0.3 is 9.47 Å². The molecule has 0 saturated heterocycles. The fraction of sp³-hybridized carbons (Fsp3) is 0.318. The molecule has 154 valence electrons. The van der Waals surface area contributed by atoms with Gasteiger partial charge in [-0.3, -0.25) is 13.9 Å². The van der Waals surface area contributed by atoms with E-state index in [1.165, 1.54) is 17.8 Å². The first-order valence-electron chi connectivity index (χ1n) is 10.1. The Morgan fingerprint density at radius 2 is 1.90 bits per heavy atom. The first kappa shape index (κ1) is 18.6. The third kappa shape index (κ3) is 2.91. The zero-order chi connectivity index (χ0) is 21.0. The van der Waals surface area contributed by atoms with E-state index < -0.39 is 0 Å². The molecule has 8 heteroatoms. The summed E-state index contributed by atoms with van der Waals surface area (Å²) in [5, 5.41) is 4.26. The molecule has 1 aliphatic rings. The lowest BCUT2D eigenvalue weighted by Crippen LogP contribution is -2.37. The van der Waals surface area contributed by atoms with Crippen molar-refractivity contribution in [2.45, 2.75) is 32.9 Å². The quantitative estimate of drug-likeness (QED) is 0.524. The van der Waals surface area contributed by atoms with Gasteiger partial charge in [0, 0.05) is 49.7 Å². The van der Waals surface area contributed by atoms with Crippen LogP contribution in [0.2, 0.25) is 0 Å². The minimum absolute atomic E-state index is 0.0643. The van der Waals surface area contributed by atoms with E-state index in [-0.39, 0.29) is 17.8 Å². The molecule has 5 rings (SSSR count). The number of fused-ring (bicyclic) bond motifs is 3. The van der Waals surface area contributed by atoms with Gasteiger partial charge >= 0.3 is 0 Å². The van der Waals surface area contributed by atoms with Crippen molar-refractivity contribution in [2.24, 2.45) is 7.05 Å². The average molecular weight is 406 g/mol. The normalized spacial score (nSPS) is 14.0. The maximum Gasteiger partial charge on any atom is 0.274 e. The molecule has 3 aromatic heterocycles. The van der Waals surface area contributed by atoms with Gasteiger partial charge in [-0.2, -0.15) is 5.10 Å². The molecule has 0 fully saturated rings. The summed E-state index contributed by atoms with van der Waals surface area (Å²) in [4.78, 5) is 19.6. The van der Waals surface area contributed by atoms with Crippen LogP contribution in [0.25, 0.3) is 17.0 Å². The summed E-state index contributed by atoms with van der Waals surface area (Å²) < 4.78 is 19.3. The van der Waals surface area contributed by atoms with E-state index in [4.69, 9.17) is 4.98 Å². The van der Waals surface area contributed by atoms with E-state index in [0.717, 1.165) is 29.1 Å². The lowest BCUT2D eigenvalue weighted by molar-refractivity contribution is 0.0723. The molecule has 0 radical (unpaired) electrons. The maximum absolute atomic E-state index is 13.3. The van der Waals surface area contributed by atoms with Crippen LogP contribution >= 0.6 is 0 Å². The van der Waals surface area contributed by atoms with E-state index in [1.54, 1.807) is 36.1 Å². The van der Waals surface area contributed by atoms with Crippen LogP contribution in [0.1, 0.15) is 41.8 Å². The largest absolute Gasteiger partial charge is 0.331 e. The van der Waals surface area contributed by atoms with Crippen LogP contribution in [0, 0.1) is 5.82 Å². The van der Waals surface area contributed by atoms with Crippen LogP contribution in [-0.4, -0.2) is 41.1 Å². The number of imidazole rings is 2. The van der Waals surface area contributed by atoms with Crippen molar-refractivity contribution in [3.63, 3.8) is 0 Å². The van der Waals surface area contributed by atoms with E-state index >= 15 is 0 Å². The molecule has 0 atom stereocenters. The van der Waals surface area contributed by atoms with Crippen molar-refractivity contribution < 1.29 is 9.18 Å². The highest BCUT2D eigenvalue weighted by molar-refractivity contribution is 5.92. The molecule has 4 aromatic rings. The Hall–Kier alpha value is -3.42. The summed E-state index contributed by atoms with van der Waals surface area (Å²) in [7, 11) is 1.81. The van der Waals surface area contributed by atoms with E-state index in [0.29, 0.717) is 18.8 Å². The molecular weight excluding hydrogens is 383 g/mol. The molecule has 1 aliphatic heterocycles. The van der Waals surface area contributed by atoms with Gasteiger partial charge in [-0.1, -0.05) is 0 Å². The van der Waals surface area contributed by atoms with Crippen molar-refractivity contribution in [1.29, 1.82) is 0 Å². The van der Waals surface area contributed by atoms with E-state index in [9.17, 15) is 9.18 Å². The van der Waals surface area contributed by atoms with Crippen molar-refractivity contribution in [3.05, 3.63) is 65.6 Å². The highest BCUT2D eigenvalue weighted by atomic mass is 19.1. The second-order valence-corrected chi connectivity index (χ2v) is 8.01. The highest BCUT2D eigenvalue weighted by Gasteiger charge is 2.30. The zero-order valence-electron chi connectivity index (χ0n) is 17.2. The number of aryl methyl sites for hydroxylation is 1. The van der Waals surface area contributed by atoms with Gasteiger partial charge in [-0.25, -0.2) is 9.37 Å². The first-order chi connectivity index (χ1) is 14.4. The lowest BCUT2D eigenvalue weighted by atomic mass is 10.1. The average Bonchev–Trinajstić information content (AvgIpc) is 3.41. The molecular formula is C22H23FN6O. The number of carbonyl (C=O) groups excluding carboxylic acids is 1. The molecule has 0 aliphatic carbocycles.